The zero-order chi connectivity index (χ0) is 11.4. The summed E-state index contributed by atoms with van der Waals surface area (Å²) in [6.45, 7) is 3.15. The maximum Gasteiger partial charge on any atom is 0.0889 e. The lowest BCUT2D eigenvalue weighted by Gasteiger charge is -2.37. The summed E-state index contributed by atoms with van der Waals surface area (Å²) < 4.78 is 0. The van der Waals surface area contributed by atoms with Crippen LogP contribution in [0.4, 0.5) is 5.69 Å². The van der Waals surface area contributed by atoms with Crippen LogP contribution in [0, 0.1) is 0 Å². The van der Waals surface area contributed by atoms with Crippen LogP contribution in [0.3, 0.4) is 0 Å². The Morgan fingerprint density at radius 3 is 1.94 bits per heavy atom. The molecule has 2 aliphatic rings. The first kappa shape index (κ1) is 11.4. The van der Waals surface area contributed by atoms with Crippen LogP contribution in [0.2, 0.25) is 0 Å². The van der Waals surface area contributed by atoms with E-state index in [1.54, 1.807) is 0 Å². The summed E-state index contributed by atoms with van der Waals surface area (Å²) in [6, 6.07) is 10.2. The Bertz CT molecular complexity index is 308. The Labute approximate surface area is 95.5 Å². The molecule has 2 aliphatic heterocycles. The summed E-state index contributed by atoms with van der Waals surface area (Å²) >= 11 is 0. The van der Waals surface area contributed by atoms with Crippen LogP contribution < -0.4 is 10.2 Å². The molecule has 2 heterocycles. The van der Waals surface area contributed by atoms with Gasteiger partial charge in [-0.1, -0.05) is 18.2 Å². The molecule has 0 aromatic heterocycles. The summed E-state index contributed by atoms with van der Waals surface area (Å²) in [5, 5.41) is 20.3. The quantitative estimate of drug-likeness (QED) is 0.617. The molecule has 0 spiro atoms. The van der Waals surface area contributed by atoms with Gasteiger partial charge in [0.05, 0.1) is 12.2 Å². The van der Waals surface area contributed by atoms with Crippen molar-refractivity contribution in [3.63, 3.8) is 0 Å². The number of nitrogens with zero attached hydrogens (tertiary/aromatic N) is 1. The molecular weight excluding hydrogens is 204 g/mol. The summed E-state index contributed by atoms with van der Waals surface area (Å²) in [6.07, 6.45) is -0.162. The Morgan fingerprint density at radius 1 is 1.00 bits per heavy atom. The zero-order valence-corrected chi connectivity index (χ0v) is 9.21. The van der Waals surface area contributed by atoms with Gasteiger partial charge in [-0.15, -0.1) is 0 Å². The minimum atomic E-state index is -0.116. The van der Waals surface area contributed by atoms with Crippen molar-refractivity contribution in [2.24, 2.45) is 0 Å². The van der Waals surface area contributed by atoms with Crippen molar-refractivity contribution in [1.82, 2.24) is 5.32 Å². The van der Waals surface area contributed by atoms with Crippen LogP contribution in [0.1, 0.15) is 0 Å². The lowest BCUT2D eigenvalue weighted by Crippen LogP contribution is -2.50. The topological polar surface area (TPSA) is 55.7 Å². The second-order valence-corrected chi connectivity index (χ2v) is 4.21. The van der Waals surface area contributed by atoms with Crippen LogP contribution in [0.5, 0.6) is 0 Å². The summed E-state index contributed by atoms with van der Waals surface area (Å²) in [7, 11) is 0. The molecule has 0 aliphatic carbocycles. The van der Waals surface area contributed by atoms with E-state index in [1.165, 1.54) is 5.69 Å². The predicted molar refractivity (Wildman–Crippen MR) is 63.5 cm³/mol. The SMILES string of the molecule is OC1CN(c2ccccc2)C1.OC1CNC1. The van der Waals surface area contributed by atoms with Crippen LogP contribution in [0.15, 0.2) is 30.3 Å². The second-order valence-electron chi connectivity index (χ2n) is 4.21. The minimum Gasteiger partial charge on any atom is -0.390 e. The molecule has 0 bridgehead atoms. The van der Waals surface area contributed by atoms with Gasteiger partial charge < -0.3 is 20.4 Å². The molecule has 16 heavy (non-hydrogen) atoms. The number of anilines is 1. The van der Waals surface area contributed by atoms with Crippen molar-refractivity contribution in [3.05, 3.63) is 30.3 Å². The van der Waals surface area contributed by atoms with E-state index >= 15 is 0 Å². The maximum atomic E-state index is 9.04. The standard InChI is InChI=1S/C9H11NO.C3H7NO/c11-9-6-10(7-9)8-4-2-1-3-5-8;5-3-1-4-2-3/h1-5,9,11H,6-7H2;3-5H,1-2H2. The van der Waals surface area contributed by atoms with Gasteiger partial charge in [0.15, 0.2) is 0 Å². The summed E-state index contributed by atoms with van der Waals surface area (Å²) in [5.74, 6) is 0. The van der Waals surface area contributed by atoms with E-state index in [0.29, 0.717) is 0 Å². The highest BCUT2D eigenvalue weighted by Gasteiger charge is 2.23. The third kappa shape index (κ3) is 2.95. The van der Waals surface area contributed by atoms with Gasteiger partial charge in [0, 0.05) is 31.9 Å². The number of nitrogens with one attached hydrogen (secondary N) is 1. The monoisotopic (exact) mass is 222 g/mol. The smallest absolute Gasteiger partial charge is 0.0889 e. The molecule has 3 rings (SSSR count). The summed E-state index contributed by atoms with van der Waals surface area (Å²) in [5.41, 5.74) is 1.21. The minimum absolute atomic E-state index is 0.0463. The molecule has 0 amide bonds. The third-order valence-electron chi connectivity index (χ3n) is 2.74. The molecule has 3 N–H and O–H groups in total. The van der Waals surface area contributed by atoms with E-state index in [9.17, 15) is 0 Å². The molecule has 88 valence electrons. The number of aliphatic hydroxyl groups is 2. The largest absolute Gasteiger partial charge is 0.390 e. The molecular formula is C12H18N2O2. The number of benzene rings is 1. The average molecular weight is 222 g/mol. The number of aliphatic hydroxyl groups excluding tert-OH is 2. The number of rotatable bonds is 1. The molecule has 2 saturated heterocycles. The zero-order valence-electron chi connectivity index (χ0n) is 9.21. The van der Waals surface area contributed by atoms with Crippen LogP contribution in [0.25, 0.3) is 0 Å². The molecule has 1 aromatic carbocycles. The molecule has 4 heteroatoms. The first-order valence-electron chi connectivity index (χ1n) is 5.62. The Hall–Kier alpha value is -1.10. The van der Waals surface area contributed by atoms with Gasteiger partial charge >= 0.3 is 0 Å². The lowest BCUT2D eigenvalue weighted by atomic mass is 10.1. The van der Waals surface area contributed by atoms with Gasteiger partial charge in [-0.2, -0.15) is 0 Å². The van der Waals surface area contributed by atoms with E-state index in [0.717, 1.165) is 26.2 Å². The van der Waals surface area contributed by atoms with E-state index in [1.807, 2.05) is 18.2 Å². The van der Waals surface area contributed by atoms with Gasteiger partial charge in [-0.3, -0.25) is 0 Å². The van der Waals surface area contributed by atoms with Gasteiger partial charge in [-0.05, 0) is 12.1 Å². The fourth-order valence-corrected chi connectivity index (χ4v) is 1.58. The molecule has 1 aromatic rings. The molecule has 0 unspecified atom stereocenters. The Balaban J connectivity index is 0.000000162. The number of hydrogen-bond acceptors (Lipinski definition) is 4. The highest BCUT2D eigenvalue weighted by molar-refractivity contribution is 5.48. The first-order chi connectivity index (χ1) is 7.75. The van der Waals surface area contributed by atoms with Crippen molar-refractivity contribution in [3.8, 4) is 0 Å². The van der Waals surface area contributed by atoms with Crippen LogP contribution in [-0.2, 0) is 0 Å². The van der Waals surface area contributed by atoms with Crippen LogP contribution >= 0.6 is 0 Å². The molecule has 0 radical (unpaired) electrons. The lowest BCUT2D eigenvalue weighted by molar-refractivity contribution is 0.117. The van der Waals surface area contributed by atoms with Gasteiger partial charge in [-0.25, -0.2) is 0 Å². The average Bonchev–Trinajstić information content (AvgIpc) is 2.24. The van der Waals surface area contributed by atoms with Crippen molar-refractivity contribution in [2.75, 3.05) is 31.1 Å². The molecule has 2 fully saturated rings. The van der Waals surface area contributed by atoms with E-state index < -0.39 is 0 Å². The fourth-order valence-electron chi connectivity index (χ4n) is 1.58. The van der Waals surface area contributed by atoms with Gasteiger partial charge in [0.25, 0.3) is 0 Å². The molecule has 0 saturated carbocycles. The first-order valence-corrected chi connectivity index (χ1v) is 5.62. The number of β-amino-alcohol motifs (C(OH)–C–C–N with tert-alkyl or cyclic N) is 2. The highest BCUT2D eigenvalue weighted by atomic mass is 16.3. The third-order valence-corrected chi connectivity index (χ3v) is 2.74. The molecule has 0 atom stereocenters. The Morgan fingerprint density at radius 2 is 1.56 bits per heavy atom. The molecule has 4 nitrogen and oxygen atoms in total. The van der Waals surface area contributed by atoms with Crippen LogP contribution in [-0.4, -0.2) is 48.6 Å². The van der Waals surface area contributed by atoms with E-state index in [2.05, 4.69) is 22.3 Å². The van der Waals surface area contributed by atoms with Crippen molar-refractivity contribution >= 4 is 5.69 Å². The normalized spacial score (nSPS) is 20.5. The van der Waals surface area contributed by atoms with E-state index in [-0.39, 0.29) is 12.2 Å². The summed E-state index contributed by atoms with van der Waals surface area (Å²) in [4.78, 5) is 2.16. The van der Waals surface area contributed by atoms with Crippen molar-refractivity contribution in [1.29, 1.82) is 0 Å². The maximum absolute atomic E-state index is 9.04. The van der Waals surface area contributed by atoms with Gasteiger partial charge in [0.2, 0.25) is 0 Å². The fraction of sp³-hybridized carbons (Fsp3) is 0.500. The van der Waals surface area contributed by atoms with Gasteiger partial charge in [0.1, 0.15) is 0 Å². The van der Waals surface area contributed by atoms with E-state index in [4.69, 9.17) is 10.2 Å². The number of hydrogen-bond donors (Lipinski definition) is 3. The number of para-hydroxylation sites is 1. The predicted octanol–water partition coefficient (Wildman–Crippen LogP) is -0.182. The van der Waals surface area contributed by atoms with Crippen molar-refractivity contribution in [2.45, 2.75) is 12.2 Å². The highest BCUT2D eigenvalue weighted by Crippen LogP contribution is 2.19. The Kier molecular flexibility index (Phi) is 3.77. The van der Waals surface area contributed by atoms with Crippen molar-refractivity contribution < 1.29 is 10.2 Å². The second kappa shape index (κ2) is 5.30.